The Kier molecular flexibility index (Phi) is 4.62. The van der Waals surface area contributed by atoms with Gasteiger partial charge in [-0.2, -0.15) is 0 Å². The lowest BCUT2D eigenvalue weighted by molar-refractivity contribution is -0.123. The van der Waals surface area contributed by atoms with Crippen LogP contribution in [0.15, 0.2) is 0 Å². The molecule has 2 aliphatic heterocycles. The van der Waals surface area contributed by atoms with E-state index < -0.39 is 0 Å². The fourth-order valence-electron chi connectivity index (χ4n) is 3.08. The van der Waals surface area contributed by atoms with Crippen LogP contribution in [0.1, 0.15) is 52.9 Å². The third kappa shape index (κ3) is 3.23. The molecule has 2 fully saturated rings. The molecule has 2 heterocycles. The van der Waals surface area contributed by atoms with E-state index in [-0.39, 0.29) is 18.0 Å². The van der Waals surface area contributed by atoms with Crippen LogP contribution in [0.5, 0.6) is 0 Å². The van der Waals surface area contributed by atoms with Crippen LogP contribution < -0.4 is 10.6 Å². The Hall–Kier alpha value is -0.610. The minimum atomic E-state index is -0.128. The highest BCUT2D eigenvalue weighted by atomic mass is 16.5. The molecule has 0 aromatic heterocycles. The first-order valence-corrected chi connectivity index (χ1v) is 7.32. The molecule has 0 aromatic rings. The second kappa shape index (κ2) is 6.02. The van der Waals surface area contributed by atoms with Gasteiger partial charge in [-0.05, 0) is 39.5 Å². The summed E-state index contributed by atoms with van der Waals surface area (Å²) in [5, 5.41) is 6.48. The van der Waals surface area contributed by atoms with E-state index in [1.807, 2.05) is 6.92 Å². The quantitative estimate of drug-likeness (QED) is 0.757. The van der Waals surface area contributed by atoms with Crippen LogP contribution in [-0.4, -0.2) is 36.2 Å². The third-order valence-electron chi connectivity index (χ3n) is 4.07. The number of hydrogen-bond acceptors (Lipinski definition) is 3. The van der Waals surface area contributed by atoms with Gasteiger partial charge in [0, 0.05) is 12.1 Å². The second-order valence-electron chi connectivity index (χ2n) is 5.80. The third-order valence-corrected chi connectivity index (χ3v) is 4.07. The maximum absolute atomic E-state index is 12.0. The van der Waals surface area contributed by atoms with Crippen molar-refractivity contribution in [2.75, 3.05) is 0 Å². The van der Waals surface area contributed by atoms with Crippen LogP contribution in [-0.2, 0) is 9.53 Å². The van der Waals surface area contributed by atoms with Gasteiger partial charge in [0.15, 0.2) is 0 Å². The number of nitrogens with one attached hydrogen (secondary N) is 2. The minimum Gasteiger partial charge on any atom is -0.373 e. The Balaban J connectivity index is 1.74. The minimum absolute atomic E-state index is 0.110. The fourth-order valence-corrected chi connectivity index (χ4v) is 3.08. The lowest BCUT2D eigenvalue weighted by atomic mass is 9.95. The van der Waals surface area contributed by atoms with Gasteiger partial charge >= 0.3 is 0 Å². The molecule has 0 radical (unpaired) electrons. The summed E-state index contributed by atoms with van der Waals surface area (Å²) in [6.07, 6.45) is 6.30. The van der Waals surface area contributed by atoms with Gasteiger partial charge in [0.25, 0.3) is 0 Å². The average molecular weight is 254 g/mol. The lowest BCUT2D eigenvalue weighted by Gasteiger charge is -2.25. The molecule has 18 heavy (non-hydrogen) atoms. The van der Waals surface area contributed by atoms with Gasteiger partial charge in [0.1, 0.15) is 0 Å². The van der Waals surface area contributed by atoms with Crippen molar-refractivity contribution in [1.29, 1.82) is 0 Å². The number of fused-ring (bicyclic) bond motifs is 2. The summed E-state index contributed by atoms with van der Waals surface area (Å²) in [5.74, 6) is 0.110. The van der Waals surface area contributed by atoms with E-state index in [0.717, 1.165) is 25.7 Å². The summed E-state index contributed by atoms with van der Waals surface area (Å²) >= 11 is 0. The van der Waals surface area contributed by atoms with Crippen LogP contribution in [0.25, 0.3) is 0 Å². The number of carbonyl (C=O) groups is 1. The van der Waals surface area contributed by atoms with Gasteiger partial charge < -0.3 is 15.4 Å². The van der Waals surface area contributed by atoms with Crippen LogP contribution in [0.4, 0.5) is 0 Å². The topological polar surface area (TPSA) is 50.4 Å². The zero-order valence-electron chi connectivity index (χ0n) is 11.7. The maximum Gasteiger partial charge on any atom is 0.237 e. The van der Waals surface area contributed by atoms with Crippen molar-refractivity contribution in [2.24, 2.45) is 0 Å². The van der Waals surface area contributed by atoms with Crippen molar-refractivity contribution in [3.05, 3.63) is 0 Å². The van der Waals surface area contributed by atoms with E-state index in [1.165, 1.54) is 6.42 Å². The number of carbonyl (C=O) groups excluding carboxylic acids is 1. The molecule has 2 rings (SSSR count). The van der Waals surface area contributed by atoms with E-state index in [2.05, 4.69) is 24.5 Å². The Morgan fingerprint density at radius 2 is 2.17 bits per heavy atom. The lowest BCUT2D eigenvalue weighted by Crippen LogP contribution is -2.51. The molecule has 4 nitrogen and oxygen atoms in total. The molecule has 5 atom stereocenters. The Labute approximate surface area is 110 Å². The highest BCUT2D eigenvalue weighted by molar-refractivity contribution is 5.81. The van der Waals surface area contributed by atoms with Crippen molar-refractivity contribution in [2.45, 2.75) is 83.2 Å². The normalized spacial score (nSPS) is 33.4. The van der Waals surface area contributed by atoms with E-state index >= 15 is 0 Å². The number of amides is 1. The van der Waals surface area contributed by atoms with Gasteiger partial charge in [0.05, 0.1) is 18.2 Å². The predicted molar refractivity (Wildman–Crippen MR) is 71.4 cm³/mol. The van der Waals surface area contributed by atoms with Gasteiger partial charge in [-0.3, -0.25) is 4.79 Å². The second-order valence-corrected chi connectivity index (χ2v) is 5.80. The molecule has 5 unspecified atom stereocenters. The largest absolute Gasteiger partial charge is 0.373 e. The van der Waals surface area contributed by atoms with E-state index in [9.17, 15) is 4.79 Å². The standard InChI is InChI=1S/C14H26N2O2/c1-4-5-9(2)15-14(17)10(3)16-12-8-11-6-7-13(12)18-11/h9-13,16H,4-8H2,1-3H3,(H,15,17). The zero-order chi connectivity index (χ0) is 13.1. The zero-order valence-corrected chi connectivity index (χ0v) is 11.7. The number of ether oxygens (including phenoxy) is 1. The summed E-state index contributed by atoms with van der Waals surface area (Å²) in [6.45, 7) is 6.14. The fraction of sp³-hybridized carbons (Fsp3) is 0.929. The van der Waals surface area contributed by atoms with Gasteiger partial charge in [-0.25, -0.2) is 0 Å². The molecule has 2 aliphatic rings. The number of hydrogen-bond donors (Lipinski definition) is 2. The first kappa shape index (κ1) is 13.8. The van der Waals surface area contributed by atoms with E-state index in [0.29, 0.717) is 18.2 Å². The van der Waals surface area contributed by atoms with Crippen LogP contribution in [0, 0.1) is 0 Å². The van der Waals surface area contributed by atoms with Crippen LogP contribution in [0.3, 0.4) is 0 Å². The average Bonchev–Trinajstić information content (AvgIpc) is 2.90. The molecule has 2 saturated heterocycles. The van der Waals surface area contributed by atoms with Crippen molar-refractivity contribution in [1.82, 2.24) is 10.6 Å². The molecular weight excluding hydrogens is 228 g/mol. The van der Waals surface area contributed by atoms with E-state index in [4.69, 9.17) is 4.74 Å². The van der Waals surface area contributed by atoms with Gasteiger partial charge in [0.2, 0.25) is 5.91 Å². The van der Waals surface area contributed by atoms with Crippen LogP contribution >= 0.6 is 0 Å². The van der Waals surface area contributed by atoms with Crippen molar-refractivity contribution in [3.8, 4) is 0 Å². The maximum atomic E-state index is 12.0. The predicted octanol–water partition coefficient (Wildman–Crippen LogP) is 1.59. The van der Waals surface area contributed by atoms with Crippen molar-refractivity contribution in [3.63, 3.8) is 0 Å². The number of rotatable bonds is 6. The highest BCUT2D eigenvalue weighted by Crippen LogP contribution is 2.34. The Morgan fingerprint density at radius 3 is 2.72 bits per heavy atom. The van der Waals surface area contributed by atoms with Crippen molar-refractivity contribution >= 4 is 5.91 Å². The Bertz CT molecular complexity index is 296. The SMILES string of the molecule is CCCC(C)NC(=O)C(C)NC1CC2CCC1O2. The monoisotopic (exact) mass is 254 g/mol. The molecule has 1 amide bonds. The molecule has 4 heteroatoms. The molecule has 104 valence electrons. The molecule has 0 aliphatic carbocycles. The van der Waals surface area contributed by atoms with Gasteiger partial charge in [-0.1, -0.05) is 13.3 Å². The molecule has 0 spiro atoms. The van der Waals surface area contributed by atoms with Crippen LogP contribution in [0.2, 0.25) is 0 Å². The van der Waals surface area contributed by atoms with Gasteiger partial charge in [-0.15, -0.1) is 0 Å². The first-order valence-electron chi connectivity index (χ1n) is 7.32. The summed E-state index contributed by atoms with van der Waals surface area (Å²) in [5.41, 5.74) is 0. The summed E-state index contributed by atoms with van der Waals surface area (Å²) in [7, 11) is 0. The summed E-state index contributed by atoms with van der Waals surface area (Å²) < 4.78 is 5.79. The molecular formula is C14H26N2O2. The molecule has 2 N–H and O–H groups in total. The first-order chi connectivity index (χ1) is 8.60. The highest BCUT2D eigenvalue weighted by Gasteiger charge is 2.41. The van der Waals surface area contributed by atoms with Crippen molar-refractivity contribution < 1.29 is 9.53 Å². The molecule has 0 saturated carbocycles. The smallest absolute Gasteiger partial charge is 0.237 e. The molecule has 2 bridgehead atoms. The summed E-state index contributed by atoms with van der Waals surface area (Å²) in [6, 6.07) is 0.506. The van der Waals surface area contributed by atoms with E-state index in [1.54, 1.807) is 0 Å². The Morgan fingerprint density at radius 1 is 1.39 bits per heavy atom. The molecule has 0 aromatic carbocycles. The summed E-state index contributed by atoms with van der Waals surface area (Å²) in [4.78, 5) is 12.0.